The first-order valence-corrected chi connectivity index (χ1v) is 10.9. The van der Waals surface area contributed by atoms with Crippen molar-refractivity contribution in [1.29, 1.82) is 5.26 Å². The largest absolute Gasteiger partial charge is 0.772 e. The van der Waals surface area contributed by atoms with E-state index < -0.39 is 17.1 Å². The van der Waals surface area contributed by atoms with Gasteiger partial charge in [0.1, 0.15) is 24.0 Å². The van der Waals surface area contributed by atoms with Crippen molar-refractivity contribution in [2.24, 2.45) is 0 Å². The van der Waals surface area contributed by atoms with Gasteiger partial charge in [-0.15, -0.1) is 0 Å². The highest BCUT2D eigenvalue weighted by atomic mass is 32.2. The van der Waals surface area contributed by atoms with Crippen LogP contribution in [-0.2, 0) is 16.8 Å². The van der Waals surface area contributed by atoms with E-state index in [0.717, 1.165) is 22.5 Å². The van der Waals surface area contributed by atoms with E-state index in [0.29, 0.717) is 37.6 Å². The average Bonchev–Trinajstić information content (AvgIpc) is 3.30. The summed E-state index contributed by atoms with van der Waals surface area (Å²) in [5.74, 6) is 1.11. The quantitative estimate of drug-likeness (QED) is 0.542. The second-order valence-electron chi connectivity index (χ2n) is 7.19. The molecule has 4 rings (SSSR count). The molecule has 1 aromatic carbocycles. The summed E-state index contributed by atoms with van der Waals surface area (Å²) in [6.45, 7) is 2.68. The molecule has 2 unspecified atom stereocenters. The molecule has 0 radical (unpaired) electrons. The van der Waals surface area contributed by atoms with Gasteiger partial charge < -0.3 is 15.2 Å². The number of benzene rings is 1. The van der Waals surface area contributed by atoms with Gasteiger partial charge in [0.05, 0.1) is 17.8 Å². The van der Waals surface area contributed by atoms with Crippen molar-refractivity contribution < 1.29 is 8.76 Å². The number of nitrogens with zero attached hydrogens (tertiary/aromatic N) is 6. The number of H-pyrrole nitrogens is 1. The van der Waals surface area contributed by atoms with Crippen LogP contribution in [0.15, 0.2) is 43.0 Å². The van der Waals surface area contributed by atoms with E-state index in [9.17, 15) is 14.0 Å². The Bertz CT molecular complexity index is 1090. The number of anilines is 2. The topological polar surface area (TPSA) is 151 Å². The zero-order valence-electron chi connectivity index (χ0n) is 16.6. The molecule has 160 valence electrons. The van der Waals surface area contributed by atoms with E-state index in [1.54, 1.807) is 24.5 Å². The molecular weight excluding hydrogens is 416 g/mol. The van der Waals surface area contributed by atoms with Gasteiger partial charge in [-0.05, 0) is 11.1 Å². The second-order valence-corrected chi connectivity index (χ2v) is 8.08. The highest BCUT2D eigenvalue weighted by molar-refractivity contribution is 7.78. The molecule has 3 aromatic rings. The van der Waals surface area contributed by atoms with Gasteiger partial charge in [-0.25, -0.2) is 9.97 Å². The predicted octanol–water partition coefficient (Wildman–Crippen LogP) is 1.21. The summed E-state index contributed by atoms with van der Waals surface area (Å²) in [7, 11) is 0. The molecular formula is C20H21N8O2S-. The van der Waals surface area contributed by atoms with E-state index in [1.165, 1.54) is 6.33 Å². The van der Waals surface area contributed by atoms with Crippen molar-refractivity contribution in [1.82, 2.24) is 25.1 Å². The Morgan fingerprint density at radius 2 is 1.97 bits per heavy atom. The highest BCUT2D eigenvalue weighted by Crippen LogP contribution is 2.33. The number of aromatic amines is 1. The molecule has 0 saturated carbocycles. The van der Waals surface area contributed by atoms with Gasteiger partial charge >= 0.3 is 0 Å². The van der Waals surface area contributed by atoms with Gasteiger partial charge in [-0.1, -0.05) is 35.3 Å². The van der Waals surface area contributed by atoms with Crippen molar-refractivity contribution in [2.45, 2.75) is 11.8 Å². The summed E-state index contributed by atoms with van der Waals surface area (Å²) >= 11 is -2.13. The maximum absolute atomic E-state index is 10.9. The first-order valence-electron chi connectivity index (χ1n) is 9.69. The van der Waals surface area contributed by atoms with Crippen molar-refractivity contribution in [3.8, 4) is 17.2 Å². The Morgan fingerprint density at radius 1 is 1.23 bits per heavy atom. The number of nitrogens with one attached hydrogen (secondary N) is 1. The summed E-state index contributed by atoms with van der Waals surface area (Å²) in [6, 6.07) is 9.13. The molecule has 0 aliphatic carbocycles. The van der Waals surface area contributed by atoms with Crippen LogP contribution in [0.2, 0.25) is 0 Å². The molecule has 1 saturated heterocycles. The van der Waals surface area contributed by atoms with Gasteiger partial charge in [-0.2, -0.15) is 10.4 Å². The van der Waals surface area contributed by atoms with Crippen molar-refractivity contribution in [3.05, 3.63) is 54.1 Å². The van der Waals surface area contributed by atoms with Crippen molar-refractivity contribution in [2.75, 3.05) is 36.8 Å². The van der Waals surface area contributed by atoms with Gasteiger partial charge in [0, 0.05) is 43.7 Å². The summed E-state index contributed by atoms with van der Waals surface area (Å²) in [6.07, 6.45) is 4.90. The van der Waals surface area contributed by atoms with Crippen LogP contribution in [0, 0.1) is 11.3 Å². The summed E-state index contributed by atoms with van der Waals surface area (Å²) in [5, 5.41) is 16.6. The zero-order chi connectivity index (χ0) is 21.8. The fraction of sp³-hybridized carbons (Fsp3) is 0.300. The number of hydrogen-bond donors (Lipinski definition) is 2. The maximum atomic E-state index is 10.9. The number of hydrogen-bond acceptors (Lipinski definition) is 9. The van der Waals surface area contributed by atoms with E-state index >= 15 is 0 Å². The Morgan fingerprint density at radius 3 is 2.58 bits per heavy atom. The van der Waals surface area contributed by atoms with E-state index in [1.807, 2.05) is 12.1 Å². The maximum Gasteiger partial charge on any atom is 0.142 e. The van der Waals surface area contributed by atoms with Crippen molar-refractivity contribution in [3.63, 3.8) is 0 Å². The van der Waals surface area contributed by atoms with Crippen molar-refractivity contribution >= 4 is 22.7 Å². The Kier molecular flexibility index (Phi) is 6.22. The summed E-state index contributed by atoms with van der Waals surface area (Å²) in [5.41, 5.74) is 9.24. The highest BCUT2D eigenvalue weighted by Gasteiger charge is 2.27. The van der Waals surface area contributed by atoms with Crippen LogP contribution < -0.4 is 10.6 Å². The van der Waals surface area contributed by atoms with Crippen LogP contribution in [0.1, 0.15) is 17.2 Å². The van der Waals surface area contributed by atoms with E-state index in [4.69, 9.17) is 5.73 Å². The third kappa shape index (κ3) is 4.56. The SMILES string of the molecule is N#CC(c1ccc(CS(=O)[O-])cc1)N1CCN(c2ncnc(N)c2-c2cn[nH]c2)CC1. The smallest absolute Gasteiger partial charge is 0.142 e. The predicted molar refractivity (Wildman–Crippen MR) is 115 cm³/mol. The standard InChI is InChI=1S/C20H22N8O2S/c21-9-17(15-3-1-14(2-4-15)12-31(29)30)27-5-7-28(8-6-27)20-18(16-10-25-26-11-16)19(22)23-13-24-20/h1-4,10-11,13,17H,5-8,12H2,(H,25,26)(H,29,30)(H2,22,23,24)/p-1. The van der Waals surface area contributed by atoms with E-state index in [2.05, 4.69) is 36.0 Å². The lowest BCUT2D eigenvalue weighted by Crippen LogP contribution is -2.48. The number of aromatic nitrogens is 4. The Hall–Kier alpha value is -3.33. The van der Waals surface area contributed by atoms with Gasteiger partial charge in [-0.3, -0.25) is 14.2 Å². The minimum absolute atomic E-state index is 0.0305. The monoisotopic (exact) mass is 437 g/mol. The molecule has 0 bridgehead atoms. The third-order valence-electron chi connectivity index (χ3n) is 5.32. The zero-order valence-corrected chi connectivity index (χ0v) is 17.5. The van der Waals surface area contributed by atoms with Gasteiger partial charge in [0.2, 0.25) is 0 Å². The summed E-state index contributed by atoms with van der Waals surface area (Å²) in [4.78, 5) is 12.8. The Balaban J connectivity index is 1.48. The molecule has 0 spiro atoms. The number of piperazine rings is 1. The number of nitriles is 1. The lowest BCUT2D eigenvalue weighted by molar-refractivity contribution is 0.222. The molecule has 10 nitrogen and oxygen atoms in total. The molecule has 2 aromatic heterocycles. The fourth-order valence-corrected chi connectivity index (χ4v) is 4.25. The minimum atomic E-state index is -2.13. The molecule has 1 fully saturated rings. The van der Waals surface area contributed by atoms with Crippen LogP contribution >= 0.6 is 0 Å². The lowest BCUT2D eigenvalue weighted by Gasteiger charge is -2.38. The fourth-order valence-electron chi connectivity index (χ4n) is 3.78. The Labute approximate surface area is 182 Å². The normalized spacial score (nSPS) is 16.6. The number of rotatable bonds is 6. The minimum Gasteiger partial charge on any atom is -0.772 e. The molecule has 1 aliphatic heterocycles. The molecule has 1 aliphatic rings. The second kappa shape index (κ2) is 9.22. The molecule has 0 amide bonds. The van der Waals surface area contributed by atoms with Gasteiger partial charge in [0.15, 0.2) is 0 Å². The molecule has 3 heterocycles. The molecule has 2 atom stereocenters. The first kappa shape index (κ1) is 20.9. The van der Waals surface area contributed by atoms with Gasteiger partial charge in [0.25, 0.3) is 0 Å². The first-order chi connectivity index (χ1) is 15.1. The van der Waals surface area contributed by atoms with Crippen LogP contribution in [0.5, 0.6) is 0 Å². The van der Waals surface area contributed by atoms with Crippen LogP contribution in [0.3, 0.4) is 0 Å². The number of nitrogens with two attached hydrogens (primary N) is 1. The van der Waals surface area contributed by atoms with Crippen LogP contribution in [0.25, 0.3) is 11.1 Å². The molecule has 31 heavy (non-hydrogen) atoms. The third-order valence-corrected chi connectivity index (χ3v) is 5.89. The lowest BCUT2D eigenvalue weighted by atomic mass is 10.0. The molecule has 3 N–H and O–H groups in total. The average molecular weight is 438 g/mol. The van der Waals surface area contributed by atoms with Crippen LogP contribution in [0.4, 0.5) is 11.6 Å². The van der Waals surface area contributed by atoms with Crippen LogP contribution in [-0.4, -0.2) is 60.0 Å². The van der Waals surface area contributed by atoms with E-state index in [-0.39, 0.29) is 5.75 Å². The molecule has 11 heteroatoms. The summed E-state index contributed by atoms with van der Waals surface area (Å²) < 4.78 is 21.7. The number of nitrogen functional groups attached to an aromatic ring is 1.